The Morgan fingerprint density at radius 2 is 2.11 bits per heavy atom. The summed E-state index contributed by atoms with van der Waals surface area (Å²) in [5, 5.41) is 0. The number of carbonyl (C=O) groups is 1. The van der Waals surface area contributed by atoms with Crippen LogP contribution < -0.4 is 0 Å². The monoisotopic (exact) mass is 127 g/mol. The van der Waals surface area contributed by atoms with Gasteiger partial charge < -0.3 is 4.90 Å². The molecule has 0 heterocycles. The van der Waals surface area contributed by atoms with Crippen molar-refractivity contribution < 1.29 is 4.79 Å². The first kappa shape index (κ1) is 8.37. The molecule has 0 aliphatic rings. The van der Waals surface area contributed by atoms with E-state index in [0.717, 1.165) is 18.4 Å². The molecule has 0 saturated carbocycles. The van der Waals surface area contributed by atoms with Crippen LogP contribution in [0.5, 0.6) is 0 Å². The number of likely N-dealkylation sites (N-methyl/N-ethyl adjacent to an activating group) is 1. The third kappa shape index (κ3) is 5.24. The van der Waals surface area contributed by atoms with Gasteiger partial charge in [0.1, 0.15) is 6.29 Å². The molecule has 0 aliphatic carbocycles. The van der Waals surface area contributed by atoms with E-state index in [9.17, 15) is 4.79 Å². The number of allylic oxidation sites excluding steroid dienone is 1. The van der Waals surface area contributed by atoms with E-state index in [1.165, 1.54) is 0 Å². The predicted molar refractivity (Wildman–Crippen MR) is 38.4 cm³/mol. The van der Waals surface area contributed by atoms with Crippen LogP contribution in [0.15, 0.2) is 11.6 Å². The Bertz CT molecular complexity index is 116. The van der Waals surface area contributed by atoms with E-state index >= 15 is 0 Å². The van der Waals surface area contributed by atoms with Gasteiger partial charge in [0.2, 0.25) is 0 Å². The van der Waals surface area contributed by atoms with Crippen molar-refractivity contribution in [1.82, 2.24) is 4.90 Å². The highest BCUT2D eigenvalue weighted by Gasteiger charge is 1.85. The number of aldehydes is 1. The van der Waals surface area contributed by atoms with Crippen molar-refractivity contribution in [3.05, 3.63) is 11.6 Å². The molecule has 2 nitrogen and oxygen atoms in total. The van der Waals surface area contributed by atoms with Crippen molar-refractivity contribution in [3.8, 4) is 0 Å². The minimum absolute atomic E-state index is 0.795. The van der Waals surface area contributed by atoms with Crippen LogP contribution in [0.4, 0.5) is 0 Å². The first-order valence-corrected chi connectivity index (χ1v) is 2.93. The molecule has 2 heteroatoms. The van der Waals surface area contributed by atoms with Crippen molar-refractivity contribution in [2.24, 2.45) is 0 Å². The fourth-order valence-corrected chi connectivity index (χ4v) is 0.375. The lowest BCUT2D eigenvalue weighted by atomic mass is 10.3. The molecule has 52 valence electrons. The van der Waals surface area contributed by atoms with Crippen LogP contribution >= 0.6 is 0 Å². The molecule has 0 amide bonds. The van der Waals surface area contributed by atoms with Crippen LogP contribution in [0.3, 0.4) is 0 Å². The second-order valence-corrected chi connectivity index (χ2v) is 2.33. The topological polar surface area (TPSA) is 20.3 Å². The maximum Gasteiger partial charge on any atom is 0.145 e. The van der Waals surface area contributed by atoms with Gasteiger partial charge in [-0.25, -0.2) is 0 Å². The molecule has 9 heavy (non-hydrogen) atoms. The van der Waals surface area contributed by atoms with Crippen LogP contribution in [0.2, 0.25) is 0 Å². The average Bonchev–Trinajstić information content (AvgIpc) is 1.83. The summed E-state index contributed by atoms with van der Waals surface area (Å²) in [6.07, 6.45) is 2.76. The zero-order valence-electron chi connectivity index (χ0n) is 6.22. The SMILES string of the molecule is CC(C=O)=CCN(C)C. The molecule has 0 radical (unpaired) electrons. The average molecular weight is 127 g/mol. The molecule has 0 aliphatic heterocycles. The fourth-order valence-electron chi connectivity index (χ4n) is 0.375. The van der Waals surface area contributed by atoms with Gasteiger partial charge in [0.25, 0.3) is 0 Å². The Hall–Kier alpha value is -0.630. The molecule has 0 atom stereocenters. The normalized spacial score (nSPS) is 12.2. The Morgan fingerprint density at radius 3 is 2.44 bits per heavy atom. The van der Waals surface area contributed by atoms with Gasteiger partial charge in [-0.15, -0.1) is 0 Å². The van der Waals surface area contributed by atoms with Crippen LogP contribution in [-0.4, -0.2) is 31.8 Å². The van der Waals surface area contributed by atoms with Crippen LogP contribution in [0.1, 0.15) is 6.92 Å². The van der Waals surface area contributed by atoms with Gasteiger partial charge in [-0.1, -0.05) is 6.08 Å². The summed E-state index contributed by atoms with van der Waals surface area (Å²) < 4.78 is 0. The van der Waals surface area contributed by atoms with Gasteiger partial charge in [-0.05, 0) is 26.6 Å². The Morgan fingerprint density at radius 1 is 1.56 bits per heavy atom. The van der Waals surface area contributed by atoms with E-state index < -0.39 is 0 Å². The summed E-state index contributed by atoms with van der Waals surface area (Å²) >= 11 is 0. The van der Waals surface area contributed by atoms with E-state index in [1.54, 1.807) is 6.92 Å². The van der Waals surface area contributed by atoms with Crippen molar-refractivity contribution >= 4 is 6.29 Å². The van der Waals surface area contributed by atoms with E-state index in [4.69, 9.17) is 0 Å². The van der Waals surface area contributed by atoms with Gasteiger partial charge in [0.15, 0.2) is 0 Å². The highest BCUT2D eigenvalue weighted by atomic mass is 16.1. The van der Waals surface area contributed by atoms with Crippen LogP contribution in [-0.2, 0) is 4.79 Å². The lowest BCUT2D eigenvalue weighted by Gasteiger charge is -2.03. The standard InChI is InChI=1S/C7H13NO/c1-7(6-9)4-5-8(2)3/h4,6H,5H2,1-3H3. The van der Waals surface area contributed by atoms with Crippen molar-refractivity contribution in [1.29, 1.82) is 0 Å². The molecular weight excluding hydrogens is 114 g/mol. The first-order chi connectivity index (χ1) is 4.16. The minimum atomic E-state index is 0.795. The molecule has 0 aromatic rings. The summed E-state index contributed by atoms with van der Waals surface area (Å²) in [7, 11) is 3.93. The second kappa shape index (κ2) is 4.27. The van der Waals surface area contributed by atoms with Gasteiger partial charge in [-0.2, -0.15) is 0 Å². The van der Waals surface area contributed by atoms with Crippen molar-refractivity contribution in [2.45, 2.75) is 6.92 Å². The molecule has 0 N–H and O–H groups in total. The Kier molecular flexibility index (Phi) is 3.97. The predicted octanol–water partition coefficient (Wildman–Crippen LogP) is 0.693. The number of carbonyl (C=O) groups excluding carboxylic acids is 1. The highest BCUT2D eigenvalue weighted by Crippen LogP contribution is 1.85. The number of hydrogen-bond acceptors (Lipinski definition) is 2. The van der Waals surface area contributed by atoms with E-state index in [0.29, 0.717) is 0 Å². The molecule has 0 spiro atoms. The molecule has 0 bridgehead atoms. The summed E-state index contributed by atoms with van der Waals surface area (Å²) in [4.78, 5) is 12.0. The first-order valence-electron chi connectivity index (χ1n) is 2.93. The molecule has 0 fully saturated rings. The summed E-state index contributed by atoms with van der Waals surface area (Å²) in [6, 6.07) is 0. The zero-order valence-corrected chi connectivity index (χ0v) is 6.22. The van der Waals surface area contributed by atoms with Crippen LogP contribution in [0.25, 0.3) is 0 Å². The lowest BCUT2D eigenvalue weighted by Crippen LogP contribution is -2.11. The highest BCUT2D eigenvalue weighted by molar-refractivity contribution is 5.71. The summed E-state index contributed by atoms with van der Waals surface area (Å²) in [5.41, 5.74) is 0.795. The van der Waals surface area contributed by atoms with E-state index in [-0.39, 0.29) is 0 Å². The molecule has 0 saturated heterocycles. The Labute approximate surface area is 56.2 Å². The molecule has 0 rings (SSSR count). The number of nitrogens with zero attached hydrogens (tertiary/aromatic N) is 1. The third-order valence-corrected chi connectivity index (χ3v) is 0.964. The summed E-state index contributed by atoms with van der Waals surface area (Å²) in [5.74, 6) is 0. The fraction of sp³-hybridized carbons (Fsp3) is 0.571. The molecule has 0 unspecified atom stereocenters. The van der Waals surface area contributed by atoms with Gasteiger partial charge in [-0.3, -0.25) is 4.79 Å². The largest absolute Gasteiger partial charge is 0.306 e. The van der Waals surface area contributed by atoms with Gasteiger partial charge in [0, 0.05) is 6.54 Å². The van der Waals surface area contributed by atoms with Crippen LogP contribution in [0, 0.1) is 0 Å². The smallest absolute Gasteiger partial charge is 0.145 e. The van der Waals surface area contributed by atoms with Gasteiger partial charge in [0.05, 0.1) is 0 Å². The van der Waals surface area contributed by atoms with E-state index in [1.807, 2.05) is 25.1 Å². The third-order valence-electron chi connectivity index (χ3n) is 0.964. The second-order valence-electron chi connectivity index (χ2n) is 2.33. The Balaban J connectivity index is 3.56. The minimum Gasteiger partial charge on any atom is -0.306 e. The van der Waals surface area contributed by atoms with Crippen molar-refractivity contribution in [3.63, 3.8) is 0 Å². The quantitative estimate of drug-likeness (QED) is 0.410. The zero-order chi connectivity index (χ0) is 7.28. The molecular formula is C7H13NO. The maximum absolute atomic E-state index is 10.0. The lowest BCUT2D eigenvalue weighted by molar-refractivity contribution is -0.104. The summed E-state index contributed by atoms with van der Waals surface area (Å²) in [6.45, 7) is 2.64. The molecule has 0 aromatic heterocycles. The van der Waals surface area contributed by atoms with E-state index in [2.05, 4.69) is 0 Å². The number of rotatable bonds is 3. The maximum atomic E-state index is 10.0. The number of hydrogen-bond donors (Lipinski definition) is 0. The van der Waals surface area contributed by atoms with Gasteiger partial charge >= 0.3 is 0 Å². The molecule has 0 aromatic carbocycles. The van der Waals surface area contributed by atoms with Crippen molar-refractivity contribution in [2.75, 3.05) is 20.6 Å².